The fraction of sp³-hybridized carbons (Fsp3) is 0.444. The van der Waals surface area contributed by atoms with Crippen LogP contribution in [0, 0.1) is 0 Å². The molecule has 6 heteroatoms. The lowest BCUT2D eigenvalue weighted by Crippen LogP contribution is -2.34. The summed E-state index contributed by atoms with van der Waals surface area (Å²) in [6.07, 6.45) is 2.40. The zero-order valence-corrected chi connectivity index (χ0v) is 15.0. The molecule has 1 heterocycles. The normalized spacial score (nSPS) is 12.2. The molecule has 1 aromatic carbocycles. The molecule has 0 bridgehead atoms. The van der Waals surface area contributed by atoms with E-state index in [0.717, 1.165) is 23.4 Å². The molecule has 0 aliphatic carbocycles. The summed E-state index contributed by atoms with van der Waals surface area (Å²) in [6.45, 7) is 2.55. The lowest BCUT2D eigenvalue weighted by molar-refractivity contribution is 0.0941. The van der Waals surface area contributed by atoms with Crippen molar-refractivity contribution in [1.82, 2.24) is 20.0 Å². The zero-order valence-electron chi connectivity index (χ0n) is 15.0. The van der Waals surface area contributed by atoms with Crippen molar-refractivity contribution in [2.75, 3.05) is 27.7 Å². The first-order valence-corrected chi connectivity index (χ1v) is 8.07. The van der Waals surface area contributed by atoms with Crippen molar-refractivity contribution >= 4 is 5.91 Å². The van der Waals surface area contributed by atoms with Crippen molar-refractivity contribution in [1.29, 1.82) is 0 Å². The van der Waals surface area contributed by atoms with Gasteiger partial charge in [0.25, 0.3) is 5.91 Å². The van der Waals surface area contributed by atoms with Gasteiger partial charge < -0.3 is 15.0 Å². The van der Waals surface area contributed by atoms with Gasteiger partial charge >= 0.3 is 0 Å². The standard InChI is InChI=1S/C18H26N4O2/c1-6-16-15(11-20-22(16)4)18(23)19-12-17(21(2)3)13-7-9-14(24-5)10-8-13/h7-11,17H,6,12H2,1-5H3,(H,19,23). The maximum absolute atomic E-state index is 12.5. The molecule has 0 aliphatic rings. The first-order chi connectivity index (χ1) is 11.5. The summed E-state index contributed by atoms with van der Waals surface area (Å²) in [7, 11) is 7.51. The van der Waals surface area contributed by atoms with Crippen LogP contribution in [0.25, 0.3) is 0 Å². The second-order valence-electron chi connectivity index (χ2n) is 5.94. The SMILES string of the molecule is CCc1c(C(=O)NCC(c2ccc(OC)cc2)N(C)C)cnn1C. The first-order valence-electron chi connectivity index (χ1n) is 8.07. The average molecular weight is 330 g/mol. The zero-order chi connectivity index (χ0) is 17.7. The molecule has 0 saturated heterocycles. The Bertz CT molecular complexity index is 677. The summed E-state index contributed by atoms with van der Waals surface area (Å²) in [5.41, 5.74) is 2.72. The van der Waals surface area contributed by atoms with E-state index in [1.165, 1.54) is 0 Å². The molecule has 2 rings (SSSR count). The van der Waals surface area contributed by atoms with Gasteiger partial charge in [-0.05, 0) is 38.2 Å². The minimum Gasteiger partial charge on any atom is -0.497 e. The molecule has 2 aromatic rings. The van der Waals surface area contributed by atoms with Gasteiger partial charge in [0.1, 0.15) is 5.75 Å². The summed E-state index contributed by atoms with van der Waals surface area (Å²) in [4.78, 5) is 14.6. The number of benzene rings is 1. The topological polar surface area (TPSA) is 59.4 Å². The lowest BCUT2D eigenvalue weighted by atomic mass is 10.1. The number of aryl methyl sites for hydroxylation is 1. The number of nitrogens with zero attached hydrogens (tertiary/aromatic N) is 3. The summed E-state index contributed by atoms with van der Waals surface area (Å²) in [6, 6.07) is 8.00. The highest BCUT2D eigenvalue weighted by atomic mass is 16.5. The summed E-state index contributed by atoms with van der Waals surface area (Å²) in [5.74, 6) is 0.739. The van der Waals surface area contributed by atoms with E-state index >= 15 is 0 Å². The molecule has 0 aliphatic heterocycles. The largest absolute Gasteiger partial charge is 0.497 e. The van der Waals surface area contributed by atoms with Crippen molar-refractivity contribution in [3.8, 4) is 5.75 Å². The van der Waals surface area contributed by atoms with Crippen LogP contribution >= 0.6 is 0 Å². The fourth-order valence-electron chi connectivity index (χ4n) is 2.78. The number of rotatable bonds is 7. The van der Waals surface area contributed by atoms with E-state index < -0.39 is 0 Å². The second kappa shape index (κ2) is 7.97. The molecule has 1 N–H and O–H groups in total. The maximum atomic E-state index is 12.5. The third-order valence-corrected chi connectivity index (χ3v) is 4.22. The maximum Gasteiger partial charge on any atom is 0.254 e. The van der Waals surface area contributed by atoms with Gasteiger partial charge in [-0.25, -0.2) is 0 Å². The van der Waals surface area contributed by atoms with Gasteiger partial charge in [0.05, 0.1) is 30.6 Å². The van der Waals surface area contributed by atoms with Crippen molar-refractivity contribution in [2.24, 2.45) is 7.05 Å². The van der Waals surface area contributed by atoms with Crippen LogP contribution in [0.3, 0.4) is 0 Å². The van der Waals surface area contributed by atoms with Crippen LogP contribution in [0.15, 0.2) is 30.5 Å². The third-order valence-electron chi connectivity index (χ3n) is 4.22. The Morgan fingerprint density at radius 3 is 2.54 bits per heavy atom. The highest BCUT2D eigenvalue weighted by molar-refractivity contribution is 5.95. The van der Waals surface area contributed by atoms with Gasteiger partial charge in [-0.15, -0.1) is 0 Å². The quantitative estimate of drug-likeness (QED) is 0.844. The van der Waals surface area contributed by atoms with E-state index in [-0.39, 0.29) is 11.9 Å². The molecular weight excluding hydrogens is 304 g/mol. The van der Waals surface area contributed by atoms with Gasteiger partial charge in [-0.1, -0.05) is 19.1 Å². The van der Waals surface area contributed by atoms with E-state index in [1.807, 2.05) is 52.3 Å². The first kappa shape index (κ1) is 18.0. The van der Waals surface area contributed by atoms with Gasteiger partial charge in [-0.2, -0.15) is 5.10 Å². The molecule has 0 saturated carbocycles. The Labute approximate surface area is 143 Å². The number of hydrogen-bond donors (Lipinski definition) is 1. The van der Waals surface area contributed by atoms with E-state index in [4.69, 9.17) is 4.74 Å². The number of methoxy groups -OCH3 is 1. The Kier molecular flexibility index (Phi) is 5.98. The number of carbonyl (C=O) groups is 1. The van der Waals surface area contributed by atoms with Crippen LogP contribution in [-0.2, 0) is 13.5 Å². The molecule has 1 amide bonds. The minimum absolute atomic E-state index is 0.0830. The summed E-state index contributed by atoms with van der Waals surface area (Å²) >= 11 is 0. The van der Waals surface area contributed by atoms with Gasteiger partial charge in [0, 0.05) is 13.6 Å². The van der Waals surface area contributed by atoms with Gasteiger partial charge in [0.2, 0.25) is 0 Å². The highest BCUT2D eigenvalue weighted by Gasteiger charge is 2.18. The van der Waals surface area contributed by atoms with Crippen molar-refractivity contribution < 1.29 is 9.53 Å². The number of nitrogens with one attached hydrogen (secondary N) is 1. The Morgan fingerprint density at radius 1 is 1.33 bits per heavy atom. The van der Waals surface area contributed by atoms with E-state index in [0.29, 0.717) is 12.1 Å². The number of amides is 1. The van der Waals surface area contributed by atoms with Crippen molar-refractivity contribution in [3.05, 3.63) is 47.3 Å². The number of aromatic nitrogens is 2. The lowest BCUT2D eigenvalue weighted by Gasteiger charge is -2.25. The van der Waals surface area contributed by atoms with E-state index in [2.05, 4.69) is 15.3 Å². The highest BCUT2D eigenvalue weighted by Crippen LogP contribution is 2.21. The molecule has 130 valence electrons. The smallest absolute Gasteiger partial charge is 0.254 e. The van der Waals surface area contributed by atoms with E-state index in [1.54, 1.807) is 18.0 Å². The molecule has 1 atom stereocenters. The predicted octanol–water partition coefficient (Wildman–Crippen LogP) is 2.02. The third kappa shape index (κ3) is 3.94. The number of carbonyl (C=O) groups excluding carboxylic acids is 1. The molecule has 0 spiro atoms. The fourth-order valence-corrected chi connectivity index (χ4v) is 2.78. The van der Waals surface area contributed by atoms with Gasteiger partial charge in [0.15, 0.2) is 0 Å². The molecular formula is C18H26N4O2. The second-order valence-corrected chi connectivity index (χ2v) is 5.94. The van der Waals surface area contributed by atoms with Crippen molar-refractivity contribution in [2.45, 2.75) is 19.4 Å². The number of hydrogen-bond acceptors (Lipinski definition) is 4. The van der Waals surface area contributed by atoms with Crippen LogP contribution in [0.2, 0.25) is 0 Å². The monoisotopic (exact) mass is 330 g/mol. The van der Waals surface area contributed by atoms with Crippen LogP contribution in [0.5, 0.6) is 5.75 Å². The van der Waals surface area contributed by atoms with Crippen LogP contribution in [0.1, 0.15) is 34.6 Å². The number of ether oxygens (including phenoxy) is 1. The minimum atomic E-state index is -0.0830. The molecule has 1 unspecified atom stereocenters. The van der Waals surface area contributed by atoms with Crippen molar-refractivity contribution in [3.63, 3.8) is 0 Å². The number of likely N-dealkylation sites (N-methyl/N-ethyl adjacent to an activating group) is 1. The van der Waals surface area contributed by atoms with Crippen LogP contribution < -0.4 is 10.1 Å². The average Bonchev–Trinajstić information content (AvgIpc) is 2.95. The molecule has 0 radical (unpaired) electrons. The summed E-state index contributed by atoms with van der Waals surface area (Å²) < 4.78 is 6.95. The Balaban J connectivity index is 2.09. The molecule has 1 aromatic heterocycles. The molecule has 24 heavy (non-hydrogen) atoms. The molecule has 6 nitrogen and oxygen atoms in total. The van der Waals surface area contributed by atoms with E-state index in [9.17, 15) is 4.79 Å². The summed E-state index contributed by atoms with van der Waals surface area (Å²) in [5, 5.41) is 7.21. The van der Waals surface area contributed by atoms with Crippen LogP contribution in [-0.4, -0.2) is 48.3 Å². The Hall–Kier alpha value is -2.34. The van der Waals surface area contributed by atoms with Gasteiger partial charge in [-0.3, -0.25) is 9.48 Å². The Morgan fingerprint density at radius 2 is 2.00 bits per heavy atom. The molecule has 0 fully saturated rings. The van der Waals surface area contributed by atoms with Crippen LogP contribution in [0.4, 0.5) is 0 Å². The predicted molar refractivity (Wildman–Crippen MR) is 94.3 cm³/mol.